The zero-order valence-corrected chi connectivity index (χ0v) is 11.3. The second-order valence-electron chi connectivity index (χ2n) is 4.66. The number of aromatic nitrogens is 2. The van der Waals surface area contributed by atoms with Crippen molar-refractivity contribution in [1.29, 1.82) is 0 Å². The molecular weight excluding hydrogens is 257 g/mol. The fourth-order valence-corrected chi connectivity index (χ4v) is 1.32. The van der Waals surface area contributed by atoms with Crippen molar-refractivity contribution in [3.63, 3.8) is 0 Å². The number of alkyl halides is 3. The summed E-state index contributed by atoms with van der Waals surface area (Å²) in [6.07, 6.45) is -3.74. The van der Waals surface area contributed by atoms with Gasteiger partial charge in [0, 0.05) is 19.2 Å². The molecule has 1 aromatic heterocycles. The van der Waals surface area contributed by atoms with Gasteiger partial charge in [-0.15, -0.1) is 0 Å². The van der Waals surface area contributed by atoms with E-state index in [0.29, 0.717) is 19.0 Å². The van der Waals surface area contributed by atoms with Crippen LogP contribution < -0.4 is 10.6 Å². The molecule has 2 N–H and O–H groups in total. The molecule has 1 aromatic rings. The molecule has 0 aliphatic rings. The van der Waals surface area contributed by atoms with E-state index in [1.165, 1.54) is 6.07 Å². The van der Waals surface area contributed by atoms with Gasteiger partial charge in [-0.1, -0.05) is 20.8 Å². The molecule has 0 aliphatic carbocycles. The van der Waals surface area contributed by atoms with E-state index in [4.69, 9.17) is 0 Å². The van der Waals surface area contributed by atoms with Gasteiger partial charge in [-0.25, -0.2) is 9.97 Å². The Bertz CT molecular complexity index is 404. The summed E-state index contributed by atoms with van der Waals surface area (Å²) in [6, 6.07) is 1.49. The largest absolute Gasteiger partial charge is 0.451 e. The second-order valence-corrected chi connectivity index (χ2v) is 4.66. The number of anilines is 2. The van der Waals surface area contributed by atoms with Crippen LogP contribution in [0.5, 0.6) is 0 Å². The smallest absolute Gasteiger partial charge is 0.370 e. The third-order valence-electron chi connectivity index (χ3n) is 2.23. The molecule has 0 spiro atoms. The fraction of sp³-hybridized carbons (Fsp3) is 0.667. The number of nitrogens with zero attached hydrogens (tertiary/aromatic N) is 2. The van der Waals surface area contributed by atoms with Crippen LogP contribution in [0.3, 0.4) is 0 Å². The summed E-state index contributed by atoms with van der Waals surface area (Å²) < 4.78 is 38.1. The van der Waals surface area contributed by atoms with Crippen LogP contribution in [0.25, 0.3) is 0 Å². The lowest BCUT2D eigenvalue weighted by atomic mass is 10.2. The van der Waals surface area contributed by atoms with Gasteiger partial charge in [0.2, 0.25) is 5.82 Å². The highest BCUT2D eigenvalue weighted by Gasteiger charge is 2.35. The van der Waals surface area contributed by atoms with Crippen molar-refractivity contribution in [2.75, 3.05) is 23.7 Å². The molecular formula is C12H19F3N4. The van der Waals surface area contributed by atoms with Gasteiger partial charge in [-0.05, 0) is 12.3 Å². The van der Waals surface area contributed by atoms with E-state index >= 15 is 0 Å². The predicted molar refractivity (Wildman–Crippen MR) is 69.1 cm³/mol. The van der Waals surface area contributed by atoms with E-state index in [-0.39, 0.29) is 11.6 Å². The number of hydrogen-bond acceptors (Lipinski definition) is 4. The Hall–Kier alpha value is -1.53. The van der Waals surface area contributed by atoms with Crippen molar-refractivity contribution >= 4 is 11.6 Å². The molecule has 0 unspecified atom stereocenters. The summed E-state index contributed by atoms with van der Waals surface area (Å²) in [5.41, 5.74) is 0. The van der Waals surface area contributed by atoms with Crippen molar-refractivity contribution in [1.82, 2.24) is 9.97 Å². The highest BCUT2D eigenvalue weighted by molar-refractivity contribution is 5.47. The van der Waals surface area contributed by atoms with Gasteiger partial charge in [0.1, 0.15) is 11.6 Å². The van der Waals surface area contributed by atoms with Gasteiger partial charge in [-0.2, -0.15) is 13.2 Å². The second kappa shape index (κ2) is 6.58. The summed E-state index contributed by atoms with van der Waals surface area (Å²) >= 11 is 0. The Balaban J connectivity index is 2.95. The van der Waals surface area contributed by atoms with Crippen LogP contribution in [-0.4, -0.2) is 23.1 Å². The topological polar surface area (TPSA) is 49.8 Å². The summed E-state index contributed by atoms with van der Waals surface area (Å²) in [5, 5.41) is 5.73. The summed E-state index contributed by atoms with van der Waals surface area (Å²) in [7, 11) is 0. The van der Waals surface area contributed by atoms with Gasteiger partial charge in [0.15, 0.2) is 0 Å². The van der Waals surface area contributed by atoms with Gasteiger partial charge >= 0.3 is 6.18 Å². The van der Waals surface area contributed by atoms with E-state index < -0.39 is 12.0 Å². The quantitative estimate of drug-likeness (QED) is 0.836. The average Bonchev–Trinajstić information content (AvgIpc) is 2.32. The summed E-state index contributed by atoms with van der Waals surface area (Å²) in [4.78, 5) is 6.98. The normalized spacial score (nSPS) is 11.7. The zero-order valence-electron chi connectivity index (χ0n) is 11.3. The third-order valence-corrected chi connectivity index (χ3v) is 2.23. The fourth-order valence-electron chi connectivity index (χ4n) is 1.32. The highest BCUT2D eigenvalue weighted by Crippen LogP contribution is 2.28. The molecule has 0 bridgehead atoms. The lowest BCUT2D eigenvalue weighted by Crippen LogP contribution is -2.17. The first-order valence-corrected chi connectivity index (χ1v) is 6.27. The first kappa shape index (κ1) is 15.5. The molecule has 0 saturated heterocycles. The number of halogens is 3. The minimum absolute atomic E-state index is 0.189. The predicted octanol–water partition coefficient (Wildman–Crippen LogP) is 3.39. The van der Waals surface area contributed by atoms with Crippen LogP contribution in [0.15, 0.2) is 6.07 Å². The van der Waals surface area contributed by atoms with Crippen LogP contribution in [0, 0.1) is 5.92 Å². The molecule has 0 atom stereocenters. The van der Waals surface area contributed by atoms with Gasteiger partial charge in [-0.3, -0.25) is 0 Å². The SMILES string of the molecule is CCCNc1cc(NCC(C)C)nc(C(F)(F)F)n1. The Morgan fingerprint density at radius 2 is 1.74 bits per heavy atom. The van der Waals surface area contributed by atoms with E-state index in [2.05, 4.69) is 20.6 Å². The van der Waals surface area contributed by atoms with Crippen molar-refractivity contribution in [2.45, 2.75) is 33.4 Å². The molecule has 0 amide bonds. The molecule has 108 valence electrons. The maximum Gasteiger partial charge on any atom is 0.451 e. The molecule has 19 heavy (non-hydrogen) atoms. The molecule has 0 aliphatic heterocycles. The molecule has 1 heterocycles. The minimum atomic E-state index is -4.54. The van der Waals surface area contributed by atoms with Crippen LogP contribution in [0.1, 0.15) is 33.0 Å². The summed E-state index contributed by atoms with van der Waals surface area (Å²) in [5.74, 6) is -0.429. The third kappa shape index (κ3) is 5.32. The van der Waals surface area contributed by atoms with Crippen molar-refractivity contribution in [3.8, 4) is 0 Å². The van der Waals surface area contributed by atoms with E-state index in [1.54, 1.807) is 0 Å². The Morgan fingerprint density at radius 3 is 2.21 bits per heavy atom. The molecule has 1 rings (SSSR count). The van der Waals surface area contributed by atoms with Gasteiger partial charge in [0.25, 0.3) is 0 Å². The van der Waals surface area contributed by atoms with Crippen molar-refractivity contribution < 1.29 is 13.2 Å². The average molecular weight is 276 g/mol. The maximum absolute atomic E-state index is 12.7. The Kier molecular flexibility index (Phi) is 5.38. The lowest BCUT2D eigenvalue weighted by Gasteiger charge is -2.13. The standard InChI is InChI=1S/C12H19F3N4/c1-4-5-16-9-6-10(17-7-8(2)3)19-11(18-9)12(13,14)15/h6,8H,4-5,7H2,1-3H3,(H2,16,17,18,19). The maximum atomic E-state index is 12.7. The van der Waals surface area contributed by atoms with Crippen LogP contribution in [0.2, 0.25) is 0 Å². The van der Waals surface area contributed by atoms with Crippen molar-refractivity contribution in [2.24, 2.45) is 5.92 Å². The molecule has 0 saturated carbocycles. The molecule has 0 aromatic carbocycles. The monoisotopic (exact) mass is 276 g/mol. The summed E-state index contributed by atoms with van der Waals surface area (Å²) in [6.45, 7) is 6.99. The molecule has 0 radical (unpaired) electrons. The first-order valence-electron chi connectivity index (χ1n) is 6.27. The molecule has 0 fully saturated rings. The van der Waals surface area contributed by atoms with E-state index in [0.717, 1.165) is 6.42 Å². The number of rotatable bonds is 6. The van der Waals surface area contributed by atoms with Crippen LogP contribution in [0.4, 0.5) is 24.8 Å². The van der Waals surface area contributed by atoms with Gasteiger partial charge < -0.3 is 10.6 Å². The first-order chi connectivity index (χ1) is 8.82. The van der Waals surface area contributed by atoms with Crippen molar-refractivity contribution in [3.05, 3.63) is 11.9 Å². The molecule has 4 nitrogen and oxygen atoms in total. The van der Waals surface area contributed by atoms with E-state index in [9.17, 15) is 13.2 Å². The van der Waals surface area contributed by atoms with Crippen LogP contribution >= 0.6 is 0 Å². The highest BCUT2D eigenvalue weighted by atomic mass is 19.4. The Morgan fingerprint density at radius 1 is 1.16 bits per heavy atom. The number of nitrogens with one attached hydrogen (secondary N) is 2. The zero-order chi connectivity index (χ0) is 14.5. The van der Waals surface area contributed by atoms with Gasteiger partial charge in [0.05, 0.1) is 0 Å². The number of hydrogen-bond donors (Lipinski definition) is 2. The molecule has 7 heteroatoms. The minimum Gasteiger partial charge on any atom is -0.370 e. The van der Waals surface area contributed by atoms with Crippen LogP contribution in [-0.2, 0) is 6.18 Å². The Labute approximate surface area is 110 Å². The van der Waals surface area contributed by atoms with E-state index in [1.807, 2.05) is 20.8 Å². The lowest BCUT2D eigenvalue weighted by molar-refractivity contribution is -0.144.